The summed E-state index contributed by atoms with van der Waals surface area (Å²) in [5, 5.41) is 3.12. The zero-order chi connectivity index (χ0) is 13.7. The summed E-state index contributed by atoms with van der Waals surface area (Å²) in [6, 6.07) is 0. The van der Waals surface area contributed by atoms with E-state index in [9.17, 15) is 0 Å². The first-order valence-electron chi connectivity index (χ1n) is 7.37. The number of rotatable bonds is 5. The number of nitrogens with one attached hydrogen (secondary N) is 1. The average molecular weight is 263 g/mol. The SMILES string of the molecule is CNc1ncnc(OCC2CCCCC2)c1C(C)C. The second-order valence-corrected chi connectivity index (χ2v) is 5.66. The molecule has 1 heterocycles. The molecule has 0 unspecified atom stereocenters. The number of ether oxygens (including phenoxy) is 1. The van der Waals surface area contributed by atoms with Crippen molar-refractivity contribution in [3.63, 3.8) is 0 Å². The van der Waals surface area contributed by atoms with Crippen LogP contribution >= 0.6 is 0 Å². The molecule has 106 valence electrons. The maximum absolute atomic E-state index is 5.99. The monoisotopic (exact) mass is 263 g/mol. The van der Waals surface area contributed by atoms with Gasteiger partial charge >= 0.3 is 0 Å². The molecule has 2 rings (SSSR count). The van der Waals surface area contributed by atoms with Crippen LogP contribution in [0.25, 0.3) is 0 Å². The van der Waals surface area contributed by atoms with Crippen molar-refractivity contribution in [1.29, 1.82) is 0 Å². The molecule has 1 N–H and O–H groups in total. The summed E-state index contributed by atoms with van der Waals surface area (Å²) < 4.78 is 5.99. The van der Waals surface area contributed by atoms with E-state index in [0.717, 1.165) is 23.9 Å². The van der Waals surface area contributed by atoms with Crippen LogP contribution in [0.4, 0.5) is 5.82 Å². The van der Waals surface area contributed by atoms with Gasteiger partial charge in [-0.2, -0.15) is 0 Å². The van der Waals surface area contributed by atoms with E-state index in [-0.39, 0.29) is 0 Å². The van der Waals surface area contributed by atoms with Crippen molar-refractivity contribution >= 4 is 5.82 Å². The van der Waals surface area contributed by atoms with Crippen molar-refractivity contribution in [3.8, 4) is 5.88 Å². The summed E-state index contributed by atoms with van der Waals surface area (Å²) >= 11 is 0. The normalized spacial score (nSPS) is 16.6. The number of hydrogen-bond donors (Lipinski definition) is 1. The van der Waals surface area contributed by atoms with Gasteiger partial charge < -0.3 is 10.1 Å². The molecule has 1 aliphatic carbocycles. The Bertz CT molecular complexity index is 400. The fourth-order valence-electron chi connectivity index (χ4n) is 2.76. The predicted molar refractivity (Wildman–Crippen MR) is 77.7 cm³/mol. The minimum absolute atomic E-state index is 0.352. The van der Waals surface area contributed by atoms with Crippen molar-refractivity contribution < 1.29 is 4.74 Å². The van der Waals surface area contributed by atoms with Crippen molar-refractivity contribution in [1.82, 2.24) is 9.97 Å². The minimum atomic E-state index is 0.352. The van der Waals surface area contributed by atoms with Gasteiger partial charge in [0.25, 0.3) is 0 Å². The van der Waals surface area contributed by atoms with Crippen LogP contribution < -0.4 is 10.1 Å². The van der Waals surface area contributed by atoms with Crippen LogP contribution in [0.1, 0.15) is 57.4 Å². The van der Waals surface area contributed by atoms with Crippen molar-refractivity contribution in [3.05, 3.63) is 11.9 Å². The first-order valence-corrected chi connectivity index (χ1v) is 7.37. The second kappa shape index (κ2) is 6.73. The van der Waals surface area contributed by atoms with Crippen LogP contribution in [0.2, 0.25) is 0 Å². The van der Waals surface area contributed by atoms with Gasteiger partial charge in [0.05, 0.1) is 12.2 Å². The number of aromatic nitrogens is 2. The standard InChI is InChI=1S/C15H25N3O/c1-11(2)13-14(16-3)17-10-18-15(13)19-9-12-7-5-4-6-8-12/h10-12H,4-9H2,1-3H3,(H,16,17,18). The maximum atomic E-state index is 5.99. The minimum Gasteiger partial charge on any atom is -0.477 e. The quantitative estimate of drug-likeness (QED) is 0.881. The third-order valence-corrected chi connectivity index (χ3v) is 3.84. The van der Waals surface area contributed by atoms with Gasteiger partial charge in [0.2, 0.25) is 5.88 Å². The van der Waals surface area contributed by atoms with Gasteiger partial charge in [0, 0.05) is 7.05 Å². The zero-order valence-corrected chi connectivity index (χ0v) is 12.3. The van der Waals surface area contributed by atoms with Crippen LogP contribution in [0.3, 0.4) is 0 Å². The van der Waals surface area contributed by atoms with E-state index in [1.165, 1.54) is 32.1 Å². The van der Waals surface area contributed by atoms with E-state index in [1.54, 1.807) is 6.33 Å². The molecule has 1 aromatic heterocycles. The maximum Gasteiger partial charge on any atom is 0.222 e. The Hall–Kier alpha value is -1.32. The van der Waals surface area contributed by atoms with Gasteiger partial charge in [-0.25, -0.2) is 9.97 Å². The van der Waals surface area contributed by atoms with Gasteiger partial charge in [-0.1, -0.05) is 33.1 Å². The third kappa shape index (κ3) is 3.58. The Balaban J connectivity index is 2.06. The smallest absolute Gasteiger partial charge is 0.222 e. The molecule has 0 atom stereocenters. The lowest BCUT2D eigenvalue weighted by Gasteiger charge is -2.23. The molecular formula is C15H25N3O. The van der Waals surface area contributed by atoms with Crippen LogP contribution in [0.5, 0.6) is 5.88 Å². The molecule has 0 aromatic carbocycles. The number of anilines is 1. The van der Waals surface area contributed by atoms with Crippen LogP contribution in [0, 0.1) is 5.92 Å². The van der Waals surface area contributed by atoms with Gasteiger partial charge in [-0.15, -0.1) is 0 Å². The molecule has 1 saturated carbocycles. The topological polar surface area (TPSA) is 47.0 Å². The Morgan fingerprint density at radius 2 is 2.00 bits per heavy atom. The van der Waals surface area contributed by atoms with Gasteiger partial charge in [0.15, 0.2) is 0 Å². The van der Waals surface area contributed by atoms with E-state index in [1.807, 2.05) is 7.05 Å². The highest BCUT2D eigenvalue weighted by Crippen LogP contribution is 2.31. The van der Waals surface area contributed by atoms with Crippen molar-refractivity contribution in [2.75, 3.05) is 19.0 Å². The highest BCUT2D eigenvalue weighted by Gasteiger charge is 2.18. The van der Waals surface area contributed by atoms with Gasteiger partial charge in [-0.3, -0.25) is 0 Å². The fourth-order valence-corrected chi connectivity index (χ4v) is 2.76. The molecule has 19 heavy (non-hydrogen) atoms. The molecule has 4 heteroatoms. The first-order chi connectivity index (χ1) is 9.22. The lowest BCUT2D eigenvalue weighted by atomic mass is 9.90. The summed E-state index contributed by atoms with van der Waals surface area (Å²) in [5.41, 5.74) is 1.08. The summed E-state index contributed by atoms with van der Waals surface area (Å²) in [6.45, 7) is 5.08. The summed E-state index contributed by atoms with van der Waals surface area (Å²) in [7, 11) is 1.89. The lowest BCUT2D eigenvalue weighted by molar-refractivity contribution is 0.200. The molecule has 0 radical (unpaired) electrons. The first kappa shape index (κ1) is 14.1. The Morgan fingerprint density at radius 1 is 1.26 bits per heavy atom. The van der Waals surface area contributed by atoms with E-state index >= 15 is 0 Å². The highest BCUT2D eigenvalue weighted by molar-refractivity contribution is 5.50. The highest BCUT2D eigenvalue weighted by atomic mass is 16.5. The molecular weight excluding hydrogens is 238 g/mol. The van der Waals surface area contributed by atoms with Crippen molar-refractivity contribution in [2.45, 2.75) is 51.9 Å². The van der Waals surface area contributed by atoms with Gasteiger partial charge in [0.1, 0.15) is 12.1 Å². The molecule has 1 aliphatic rings. The molecule has 1 fully saturated rings. The van der Waals surface area contributed by atoms with Crippen LogP contribution in [-0.2, 0) is 0 Å². The number of nitrogens with zero attached hydrogens (tertiary/aromatic N) is 2. The molecule has 0 aliphatic heterocycles. The largest absolute Gasteiger partial charge is 0.477 e. The molecule has 0 spiro atoms. The van der Waals surface area contributed by atoms with Crippen LogP contribution in [-0.4, -0.2) is 23.6 Å². The Labute approximate surface area is 116 Å². The van der Waals surface area contributed by atoms with Crippen LogP contribution in [0.15, 0.2) is 6.33 Å². The number of hydrogen-bond acceptors (Lipinski definition) is 4. The molecule has 4 nitrogen and oxygen atoms in total. The Kier molecular flexibility index (Phi) is 5.00. The molecule has 0 bridgehead atoms. The summed E-state index contributed by atoms with van der Waals surface area (Å²) in [4.78, 5) is 8.59. The van der Waals surface area contributed by atoms with E-state index < -0.39 is 0 Å². The van der Waals surface area contributed by atoms with E-state index in [2.05, 4.69) is 29.1 Å². The third-order valence-electron chi connectivity index (χ3n) is 3.84. The average Bonchev–Trinajstić information content (AvgIpc) is 2.45. The summed E-state index contributed by atoms with van der Waals surface area (Å²) in [6.07, 6.45) is 8.23. The molecule has 1 aromatic rings. The summed E-state index contributed by atoms with van der Waals surface area (Å²) in [5.74, 6) is 2.68. The molecule has 0 saturated heterocycles. The lowest BCUT2D eigenvalue weighted by Crippen LogP contribution is -2.17. The van der Waals surface area contributed by atoms with Gasteiger partial charge in [-0.05, 0) is 24.7 Å². The van der Waals surface area contributed by atoms with E-state index in [4.69, 9.17) is 4.74 Å². The second-order valence-electron chi connectivity index (χ2n) is 5.66. The van der Waals surface area contributed by atoms with Crippen molar-refractivity contribution in [2.24, 2.45) is 5.92 Å². The van der Waals surface area contributed by atoms with E-state index in [0.29, 0.717) is 11.8 Å². The fraction of sp³-hybridized carbons (Fsp3) is 0.733. The predicted octanol–water partition coefficient (Wildman–Crippen LogP) is 3.60. The molecule has 0 amide bonds. The zero-order valence-electron chi connectivity index (χ0n) is 12.3. The Morgan fingerprint density at radius 3 is 2.63 bits per heavy atom.